The average Bonchev–Trinajstić information content (AvgIpc) is 2.81. The molecule has 0 fully saturated rings. The number of hydrogen-bond acceptors (Lipinski definition) is 4. The van der Waals surface area contributed by atoms with Crippen molar-refractivity contribution < 1.29 is 0 Å². The topological polar surface area (TPSA) is 37.8 Å². The maximum Gasteiger partial charge on any atom is 0.115 e. The van der Waals surface area contributed by atoms with Crippen LogP contribution in [0.25, 0.3) is 0 Å². The Hall–Kier alpha value is -1.26. The molecule has 3 nitrogen and oxygen atoms in total. The molecule has 4 heteroatoms. The van der Waals surface area contributed by atoms with Crippen LogP contribution in [0.5, 0.6) is 0 Å². The van der Waals surface area contributed by atoms with Crippen LogP contribution in [0.1, 0.15) is 17.5 Å². The van der Waals surface area contributed by atoms with Gasteiger partial charge >= 0.3 is 0 Å². The molecule has 1 N–H and O–H groups in total. The van der Waals surface area contributed by atoms with Crippen LogP contribution in [0.2, 0.25) is 0 Å². The van der Waals surface area contributed by atoms with E-state index < -0.39 is 0 Å². The number of thiophene rings is 1. The van der Waals surface area contributed by atoms with Crippen molar-refractivity contribution in [3.63, 3.8) is 0 Å². The van der Waals surface area contributed by atoms with Crippen LogP contribution < -0.4 is 5.32 Å². The molecule has 0 aromatic carbocycles. The Morgan fingerprint density at radius 1 is 1.44 bits per heavy atom. The van der Waals surface area contributed by atoms with E-state index in [2.05, 4.69) is 39.7 Å². The lowest BCUT2D eigenvalue weighted by Gasteiger charge is -2.12. The zero-order valence-electron chi connectivity index (χ0n) is 9.26. The van der Waals surface area contributed by atoms with E-state index in [1.807, 2.05) is 17.4 Å². The lowest BCUT2D eigenvalue weighted by molar-refractivity contribution is 0.542. The minimum absolute atomic E-state index is 0.466. The highest BCUT2D eigenvalue weighted by atomic mass is 32.1. The Balaban J connectivity index is 1.78. The van der Waals surface area contributed by atoms with Crippen molar-refractivity contribution in [3.8, 4) is 0 Å². The van der Waals surface area contributed by atoms with Gasteiger partial charge in [0.05, 0.1) is 5.69 Å². The second-order valence-electron chi connectivity index (χ2n) is 3.77. The fraction of sp³-hybridized carbons (Fsp3) is 0.333. The maximum absolute atomic E-state index is 4.18. The predicted molar refractivity (Wildman–Crippen MR) is 66.4 cm³/mol. The number of hydrogen-bond donors (Lipinski definition) is 1. The van der Waals surface area contributed by atoms with Gasteiger partial charge in [0.15, 0.2) is 0 Å². The Morgan fingerprint density at radius 2 is 2.38 bits per heavy atom. The summed E-state index contributed by atoms with van der Waals surface area (Å²) in [5.41, 5.74) is 1.04. The SMILES string of the molecule is CC(Cc1cccs1)NCc1ccncn1. The molecule has 0 aliphatic rings. The fourth-order valence-corrected chi connectivity index (χ4v) is 2.34. The fourth-order valence-electron chi connectivity index (χ4n) is 1.50. The Morgan fingerprint density at radius 3 is 3.06 bits per heavy atom. The summed E-state index contributed by atoms with van der Waals surface area (Å²) in [6.07, 6.45) is 4.43. The summed E-state index contributed by atoms with van der Waals surface area (Å²) in [5.74, 6) is 0. The summed E-state index contributed by atoms with van der Waals surface area (Å²) in [4.78, 5) is 9.49. The third-order valence-electron chi connectivity index (χ3n) is 2.36. The number of nitrogens with zero attached hydrogens (tertiary/aromatic N) is 2. The van der Waals surface area contributed by atoms with Crippen LogP contribution in [0.15, 0.2) is 36.1 Å². The molecule has 2 heterocycles. The van der Waals surface area contributed by atoms with Crippen molar-refractivity contribution in [1.29, 1.82) is 0 Å². The van der Waals surface area contributed by atoms with E-state index in [-0.39, 0.29) is 0 Å². The lowest BCUT2D eigenvalue weighted by atomic mass is 10.2. The molecule has 2 rings (SSSR count). The highest BCUT2D eigenvalue weighted by Crippen LogP contribution is 2.11. The van der Waals surface area contributed by atoms with Gasteiger partial charge in [0.2, 0.25) is 0 Å². The van der Waals surface area contributed by atoms with Crippen LogP contribution in [0.4, 0.5) is 0 Å². The first-order valence-corrected chi connectivity index (χ1v) is 6.23. The van der Waals surface area contributed by atoms with E-state index in [4.69, 9.17) is 0 Å². The van der Waals surface area contributed by atoms with Gasteiger partial charge < -0.3 is 5.32 Å². The van der Waals surface area contributed by atoms with Crippen molar-refractivity contribution >= 4 is 11.3 Å². The molecule has 84 valence electrons. The number of rotatable bonds is 5. The van der Waals surface area contributed by atoms with Gasteiger partial charge in [0.25, 0.3) is 0 Å². The van der Waals surface area contributed by atoms with Crippen LogP contribution in [-0.4, -0.2) is 16.0 Å². The molecule has 1 atom stereocenters. The molecule has 0 saturated carbocycles. The van der Waals surface area contributed by atoms with Crippen LogP contribution in [0, 0.1) is 0 Å². The smallest absolute Gasteiger partial charge is 0.115 e. The molecule has 0 saturated heterocycles. The molecular formula is C12H15N3S. The quantitative estimate of drug-likeness (QED) is 0.860. The van der Waals surface area contributed by atoms with Gasteiger partial charge in [-0.3, -0.25) is 0 Å². The van der Waals surface area contributed by atoms with E-state index in [1.165, 1.54) is 4.88 Å². The number of nitrogens with one attached hydrogen (secondary N) is 1. The van der Waals surface area contributed by atoms with Gasteiger partial charge in [0, 0.05) is 23.7 Å². The van der Waals surface area contributed by atoms with Crippen LogP contribution in [0.3, 0.4) is 0 Å². The van der Waals surface area contributed by atoms with Gasteiger partial charge in [-0.1, -0.05) is 6.07 Å². The van der Waals surface area contributed by atoms with E-state index in [0.717, 1.165) is 18.7 Å². The summed E-state index contributed by atoms with van der Waals surface area (Å²) >= 11 is 1.81. The molecule has 0 aliphatic heterocycles. The van der Waals surface area contributed by atoms with Crippen molar-refractivity contribution in [2.24, 2.45) is 0 Å². The van der Waals surface area contributed by atoms with Crippen molar-refractivity contribution in [3.05, 3.63) is 46.7 Å². The summed E-state index contributed by atoms with van der Waals surface area (Å²) < 4.78 is 0. The Labute approximate surface area is 99.6 Å². The first-order valence-electron chi connectivity index (χ1n) is 5.35. The van der Waals surface area contributed by atoms with Gasteiger partial charge in [-0.25, -0.2) is 9.97 Å². The Bertz CT molecular complexity index is 399. The molecule has 2 aromatic rings. The largest absolute Gasteiger partial charge is 0.308 e. The molecule has 16 heavy (non-hydrogen) atoms. The summed E-state index contributed by atoms with van der Waals surface area (Å²) in [7, 11) is 0. The monoisotopic (exact) mass is 233 g/mol. The zero-order chi connectivity index (χ0) is 11.2. The molecule has 0 bridgehead atoms. The predicted octanol–water partition coefficient (Wildman–Crippen LogP) is 2.26. The lowest BCUT2D eigenvalue weighted by Crippen LogP contribution is -2.27. The minimum Gasteiger partial charge on any atom is -0.308 e. The van der Waals surface area contributed by atoms with E-state index >= 15 is 0 Å². The van der Waals surface area contributed by atoms with Gasteiger partial charge in [-0.2, -0.15) is 0 Å². The molecule has 1 unspecified atom stereocenters. The van der Waals surface area contributed by atoms with E-state index in [1.54, 1.807) is 12.5 Å². The second kappa shape index (κ2) is 5.72. The van der Waals surface area contributed by atoms with E-state index in [9.17, 15) is 0 Å². The summed E-state index contributed by atoms with van der Waals surface area (Å²) in [6, 6.07) is 6.67. The highest BCUT2D eigenvalue weighted by molar-refractivity contribution is 7.09. The number of aromatic nitrogens is 2. The van der Waals surface area contributed by atoms with Gasteiger partial charge in [-0.05, 0) is 30.9 Å². The maximum atomic E-state index is 4.18. The zero-order valence-corrected chi connectivity index (χ0v) is 10.1. The molecule has 0 spiro atoms. The molecule has 0 radical (unpaired) electrons. The standard InChI is InChI=1S/C12H15N3S/c1-10(7-12-3-2-6-16-12)14-8-11-4-5-13-9-15-11/h2-6,9-10,14H,7-8H2,1H3. The molecule has 2 aromatic heterocycles. The van der Waals surface area contributed by atoms with Crippen molar-refractivity contribution in [1.82, 2.24) is 15.3 Å². The van der Waals surface area contributed by atoms with Crippen LogP contribution >= 0.6 is 11.3 Å². The van der Waals surface area contributed by atoms with E-state index in [0.29, 0.717) is 6.04 Å². The summed E-state index contributed by atoms with van der Waals surface area (Å²) in [5, 5.41) is 5.57. The molecular weight excluding hydrogens is 218 g/mol. The normalized spacial score (nSPS) is 12.6. The third-order valence-corrected chi connectivity index (χ3v) is 3.26. The first kappa shape index (κ1) is 11.2. The molecule has 0 amide bonds. The average molecular weight is 233 g/mol. The molecule has 0 aliphatic carbocycles. The first-order chi connectivity index (χ1) is 7.84. The van der Waals surface area contributed by atoms with Crippen LogP contribution in [-0.2, 0) is 13.0 Å². The second-order valence-corrected chi connectivity index (χ2v) is 4.80. The van der Waals surface area contributed by atoms with Gasteiger partial charge in [-0.15, -0.1) is 11.3 Å². The van der Waals surface area contributed by atoms with Gasteiger partial charge in [0.1, 0.15) is 6.33 Å². The van der Waals surface area contributed by atoms with Crippen molar-refractivity contribution in [2.75, 3.05) is 0 Å². The Kier molecular flexibility index (Phi) is 4.02. The third kappa shape index (κ3) is 3.40. The van der Waals surface area contributed by atoms with Crippen molar-refractivity contribution in [2.45, 2.75) is 25.9 Å². The summed E-state index contributed by atoms with van der Waals surface area (Å²) in [6.45, 7) is 3.00. The highest BCUT2D eigenvalue weighted by Gasteiger charge is 2.04. The minimum atomic E-state index is 0.466.